The SMILES string of the molecule is COC(=O)c1cc(C(=O)OCC(=O)NCCc2ccccc2C)cc([N+](=O)[O-])c1. The predicted octanol–water partition coefficient (Wildman–Crippen LogP) is 2.21. The Labute approximate surface area is 166 Å². The van der Waals surface area contributed by atoms with E-state index in [-0.39, 0.29) is 11.1 Å². The third kappa shape index (κ3) is 6.13. The molecule has 0 saturated carbocycles. The van der Waals surface area contributed by atoms with Gasteiger partial charge in [-0.1, -0.05) is 24.3 Å². The first-order valence-corrected chi connectivity index (χ1v) is 8.68. The van der Waals surface area contributed by atoms with Gasteiger partial charge in [-0.3, -0.25) is 14.9 Å². The summed E-state index contributed by atoms with van der Waals surface area (Å²) in [5, 5.41) is 13.6. The zero-order valence-corrected chi connectivity index (χ0v) is 16.0. The number of esters is 2. The summed E-state index contributed by atoms with van der Waals surface area (Å²) >= 11 is 0. The molecule has 9 nitrogen and oxygen atoms in total. The molecule has 0 spiro atoms. The molecule has 0 saturated heterocycles. The van der Waals surface area contributed by atoms with Crippen LogP contribution < -0.4 is 5.32 Å². The third-order valence-corrected chi connectivity index (χ3v) is 4.10. The molecule has 2 aromatic carbocycles. The maximum absolute atomic E-state index is 12.2. The number of rotatable bonds is 8. The molecule has 0 aliphatic rings. The number of hydrogen-bond donors (Lipinski definition) is 1. The number of hydrogen-bond acceptors (Lipinski definition) is 7. The third-order valence-electron chi connectivity index (χ3n) is 4.10. The van der Waals surface area contributed by atoms with Gasteiger partial charge in [-0.2, -0.15) is 0 Å². The van der Waals surface area contributed by atoms with Crippen molar-refractivity contribution < 1.29 is 28.8 Å². The second-order valence-corrected chi connectivity index (χ2v) is 6.12. The minimum absolute atomic E-state index is 0.170. The summed E-state index contributed by atoms with van der Waals surface area (Å²) in [6, 6.07) is 10.8. The van der Waals surface area contributed by atoms with Gasteiger partial charge < -0.3 is 14.8 Å². The second-order valence-electron chi connectivity index (χ2n) is 6.12. The van der Waals surface area contributed by atoms with Crippen LogP contribution >= 0.6 is 0 Å². The molecule has 0 bridgehead atoms. The van der Waals surface area contributed by atoms with Gasteiger partial charge in [0.2, 0.25) is 0 Å². The molecule has 0 atom stereocenters. The van der Waals surface area contributed by atoms with E-state index in [0.29, 0.717) is 13.0 Å². The maximum atomic E-state index is 12.2. The van der Waals surface area contributed by atoms with Crippen molar-refractivity contribution in [2.45, 2.75) is 13.3 Å². The van der Waals surface area contributed by atoms with E-state index in [1.54, 1.807) is 0 Å². The predicted molar refractivity (Wildman–Crippen MR) is 103 cm³/mol. The van der Waals surface area contributed by atoms with E-state index in [0.717, 1.165) is 36.4 Å². The quantitative estimate of drug-likeness (QED) is 0.409. The Bertz CT molecular complexity index is 940. The van der Waals surface area contributed by atoms with Gasteiger partial charge in [-0.05, 0) is 30.5 Å². The van der Waals surface area contributed by atoms with Gasteiger partial charge in [-0.15, -0.1) is 0 Å². The van der Waals surface area contributed by atoms with E-state index in [4.69, 9.17) is 4.74 Å². The van der Waals surface area contributed by atoms with Gasteiger partial charge in [0, 0.05) is 18.7 Å². The van der Waals surface area contributed by atoms with Crippen molar-refractivity contribution in [3.8, 4) is 0 Å². The highest BCUT2D eigenvalue weighted by Gasteiger charge is 2.19. The van der Waals surface area contributed by atoms with Crippen LogP contribution in [-0.2, 0) is 20.7 Å². The van der Waals surface area contributed by atoms with Gasteiger partial charge in [-0.25, -0.2) is 9.59 Å². The van der Waals surface area contributed by atoms with E-state index in [1.165, 1.54) is 0 Å². The lowest BCUT2D eigenvalue weighted by Crippen LogP contribution is -2.30. The zero-order chi connectivity index (χ0) is 21.4. The highest BCUT2D eigenvalue weighted by molar-refractivity contribution is 5.97. The lowest BCUT2D eigenvalue weighted by atomic mass is 10.1. The Morgan fingerprint density at radius 2 is 1.72 bits per heavy atom. The molecule has 0 radical (unpaired) electrons. The highest BCUT2D eigenvalue weighted by atomic mass is 16.6. The number of carbonyl (C=O) groups is 3. The first-order chi connectivity index (χ1) is 13.8. The number of aryl methyl sites for hydroxylation is 1. The molecule has 1 N–H and O–H groups in total. The lowest BCUT2D eigenvalue weighted by molar-refractivity contribution is -0.384. The highest BCUT2D eigenvalue weighted by Crippen LogP contribution is 2.19. The van der Waals surface area contributed by atoms with E-state index < -0.39 is 35.1 Å². The van der Waals surface area contributed by atoms with Crippen molar-refractivity contribution in [3.05, 3.63) is 74.8 Å². The molecule has 29 heavy (non-hydrogen) atoms. The Balaban J connectivity index is 1.93. The van der Waals surface area contributed by atoms with Crippen molar-refractivity contribution in [1.29, 1.82) is 0 Å². The summed E-state index contributed by atoms with van der Waals surface area (Å²) in [5.74, 6) is -2.31. The lowest BCUT2D eigenvalue weighted by Gasteiger charge is -2.09. The smallest absolute Gasteiger partial charge is 0.338 e. The molecule has 1 amide bonds. The van der Waals surface area contributed by atoms with Gasteiger partial charge in [0.15, 0.2) is 6.61 Å². The number of amides is 1. The number of nitrogens with one attached hydrogen (secondary N) is 1. The standard InChI is InChI=1S/C20H20N2O7/c1-13-5-3-4-6-14(13)7-8-21-18(23)12-29-20(25)16-9-15(19(24)28-2)10-17(11-16)22(26)27/h3-6,9-11H,7-8,12H2,1-2H3,(H,21,23). The number of nitro groups is 1. The van der Waals surface area contributed by atoms with Crippen LogP contribution in [0.25, 0.3) is 0 Å². The summed E-state index contributed by atoms with van der Waals surface area (Å²) in [6.45, 7) is 1.79. The first kappa shape index (κ1) is 21.5. The van der Waals surface area contributed by atoms with Crippen molar-refractivity contribution in [2.24, 2.45) is 0 Å². The molecule has 2 rings (SSSR count). The summed E-state index contributed by atoms with van der Waals surface area (Å²) in [7, 11) is 1.11. The van der Waals surface area contributed by atoms with E-state index in [1.807, 2.05) is 31.2 Å². The molecule has 152 valence electrons. The van der Waals surface area contributed by atoms with Crippen LogP contribution in [0.15, 0.2) is 42.5 Å². The Morgan fingerprint density at radius 1 is 1.07 bits per heavy atom. The summed E-state index contributed by atoms with van der Waals surface area (Å²) < 4.78 is 9.41. The van der Waals surface area contributed by atoms with Gasteiger partial charge >= 0.3 is 11.9 Å². The first-order valence-electron chi connectivity index (χ1n) is 8.68. The molecule has 0 unspecified atom stereocenters. The summed E-state index contributed by atoms with van der Waals surface area (Å²) in [5.41, 5.74) is 1.34. The molecule has 2 aromatic rings. The topological polar surface area (TPSA) is 125 Å². The molecular formula is C20H20N2O7. The van der Waals surface area contributed by atoms with Crippen molar-refractivity contribution in [1.82, 2.24) is 5.32 Å². The number of benzene rings is 2. The van der Waals surface area contributed by atoms with Crippen LogP contribution in [0.5, 0.6) is 0 Å². The minimum Gasteiger partial charge on any atom is -0.465 e. The molecular weight excluding hydrogens is 380 g/mol. The molecule has 0 fully saturated rings. The molecule has 0 heterocycles. The zero-order valence-electron chi connectivity index (χ0n) is 16.0. The van der Waals surface area contributed by atoms with Crippen molar-refractivity contribution >= 4 is 23.5 Å². The van der Waals surface area contributed by atoms with Crippen molar-refractivity contribution in [2.75, 3.05) is 20.3 Å². The summed E-state index contributed by atoms with van der Waals surface area (Å²) in [4.78, 5) is 45.9. The van der Waals surface area contributed by atoms with E-state index in [9.17, 15) is 24.5 Å². The van der Waals surface area contributed by atoms with Crippen LogP contribution in [-0.4, -0.2) is 43.0 Å². The van der Waals surface area contributed by atoms with Crippen LogP contribution in [0.4, 0.5) is 5.69 Å². The largest absolute Gasteiger partial charge is 0.465 e. The molecule has 9 heteroatoms. The Morgan fingerprint density at radius 3 is 2.34 bits per heavy atom. The number of nitrogens with zero attached hydrogens (tertiary/aromatic N) is 1. The normalized spacial score (nSPS) is 10.1. The van der Waals surface area contributed by atoms with Gasteiger partial charge in [0.1, 0.15) is 0 Å². The number of nitro benzene ring substituents is 1. The van der Waals surface area contributed by atoms with Gasteiger partial charge in [0.25, 0.3) is 11.6 Å². The van der Waals surface area contributed by atoms with Crippen LogP contribution in [0.3, 0.4) is 0 Å². The Kier molecular flexibility index (Phi) is 7.41. The Hall–Kier alpha value is -3.75. The maximum Gasteiger partial charge on any atom is 0.338 e. The second kappa shape index (κ2) is 9.98. The fraction of sp³-hybridized carbons (Fsp3) is 0.250. The monoisotopic (exact) mass is 400 g/mol. The average Bonchev–Trinajstić information content (AvgIpc) is 2.72. The van der Waals surface area contributed by atoms with Crippen molar-refractivity contribution in [3.63, 3.8) is 0 Å². The number of carbonyl (C=O) groups excluding carboxylic acids is 3. The number of methoxy groups -OCH3 is 1. The number of ether oxygens (including phenoxy) is 2. The summed E-state index contributed by atoms with van der Waals surface area (Å²) in [6.07, 6.45) is 0.625. The molecule has 0 aliphatic heterocycles. The molecule has 0 aliphatic carbocycles. The minimum atomic E-state index is -0.965. The van der Waals surface area contributed by atoms with Crippen LogP contribution in [0, 0.1) is 17.0 Å². The van der Waals surface area contributed by atoms with E-state index in [2.05, 4.69) is 10.1 Å². The van der Waals surface area contributed by atoms with Gasteiger partial charge in [0.05, 0.1) is 23.2 Å². The molecule has 0 aromatic heterocycles. The van der Waals surface area contributed by atoms with E-state index >= 15 is 0 Å². The fourth-order valence-corrected chi connectivity index (χ4v) is 2.56. The fourth-order valence-electron chi connectivity index (χ4n) is 2.56. The van der Waals surface area contributed by atoms with Crippen LogP contribution in [0.1, 0.15) is 31.8 Å². The number of non-ortho nitro benzene ring substituents is 1. The van der Waals surface area contributed by atoms with Crippen LogP contribution in [0.2, 0.25) is 0 Å². The average molecular weight is 400 g/mol.